The fourth-order valence-corrected chi connectivity index (χ4v) is 3.90. The van der Waals surface area contributed by atoms with E-state index in [1.54, 1.807) is 24.3 Å². The summed E-state index contributed by atoms with van der Waals surface area (Å²) in [6.07, 6.45) is 0. The number of nitrogens with zero attached hydrogens (tertiary/aromatic N) is 5. The molecule has 0 unspecified atom stereocenters. The van der Waals surface area contributed by atoms with Gasteiger partial charge in [0, 0.05) is 12.7 Å². The normalized spacial score (nSPS) is 11.1. The topological polar surface area (TPSA) is 93.8 Å². The van der Waals surface area contributed by atoms with Crippen molar-refractivity contribution in [2.45, 2.75) is 25.6 Å². The highest BCUT2D eigenvalue weighted by Crippen LogP contribution is 2.23. The maximum absolute atomic E-state index is 12.4. The van der Waals surface area contributed by atoms with E-state index in [1.165, 1.54) is 17.3 Å². The molecule has 0 radical (unpaired) electrons. The van der Waals surface area contributed by atoms with Gasteiger partial charge in [0.15, 0.2) is 11.0 Å². The summed E-state index contributed by atoms with van der Waals surface area (Å²) < 4.78 is 7.77. The Morgan fingerprint density at radius 3 is 2.40 bits per heavy atom. The average molecular weight is 487 g/mol. The molecule has 0 saturated carbocycles. The predicted octanol–water partition coefficient (Wildman–Crippen LogP) is 6.16. The zero-order valence-electron chi connectivity index (χ0n) is 19.8. The summed E-state index contributed by atoms with van der Waals surface area (Å²) in [6.45, 7) is 4.38. The zero-order valence-corrected chi connectivity index (χ0v) is 20.6. The number of carbonyl (C=O) groups excluding carboxylic acids is 1. The summed E-state index contributed by atoms with van der Waals surface area (Å²) in [5, 5.41) is 20.3. The number of benzene rings is 3. The van der Waals surface area contributed by atoms with Gasteiger partial charge in [-0.3, -0.25) is 4.79 Å². The van der Waals surface area contributed by atoms with Crippen LogP contribution in [0.5, 0.6) is 5.75 Å². The van der Waals surface area contributed by atoms with Crippen LogP contribution < -0.4 is 10.1 Å². The lowest BCUT2D eigenvalue weighted by Crippen LogP contribution is -2.14. The molecule has 0 fully saturated rings. The van der Waals surface area contributed by atoms with Gasteiger partial charge in [0.2, 0.25) is 5.91 Å². The molecule has 9 heteroatoms. The van der Waals surface area contributed by atoms with Crippen molar-refractivity contribution < 1.29 is 9.53 Å². The van der Waals surface area contributed by atoms with E-state index in [-0.39, 0.29) is 11.7 Å². The first kappa shape index (κ1) is 24.2. The molecule has 1 heterocycles. The Labute approximate surface area is 208 Å². The number of rotatable bonds is 9. The van der Waals surface area contributed by atoms with Crippen LogP contribution in [-0.2, 0) is 18.4 Å². The highest BCUT2D eigenvalue weighted by atomic mass is 32.2. The van der Waals surface area contributed by atoms with Crippen LogP contribution in [0, 0.1) is 13.8 Å². The minimum atomic E-state index is -0.134. The number of carbonyl (C=O) groups is 1. The van der Waals surface area contributed by atoms with Gasteiger partial charge in [-0.05, 0) is 67.4 Å². The largest absolute Gasteiger partial charge is 0.485 e. The molecule has 1 N–H and O–H groups in total. The molecule has 1 aromatic heterocycles. The lowest BCUT2D eigenvalue weighted by atomic mass is 10.1. The summed E-state index contributed by atoms with van der Waals surface area (Å²) in [4.78, 5) is 12.4. The molecule has 0 saturated heterocycles. The van der Waals surface area contributed by atoms with Crippen molar-refractivity contribution in [3.63, 3.8) is 0 Å². The monoisotopic (exact) mass is 486 g/mol. The van der Waals surface area contributed by atoms with Crippen LogP contribution in [0.25, 0.3) is 0 Å². The number of amides is 1. The number of anilines is 1. The van der Waals surface area contributed by atoms with Gasteiger partial charge in [0.1, 0.15) is 12.4 Å². The van der Waals surface area contributed by atoms with Crippen molar-refractivity contribution in [1.82, 2.24) is 14.8 Å². The molecule has 0 atom stereocenters. The van der Waals surface area contributed by atoms with Crippen LogP contribution in [0.3, 0.4) is 0 Å². The second-order valence-corrected chi connectivity index (χ2v) is 8.81. The van der Waals surface area contributed by atoms with Gasteiger partial charge in [-0.25, -0.2) is 0 Å². The van der Waals surface area contributed by atoms with Crippen molar-refractivity contribution in [2.24, 2.45) is 17.3 Å². The maximum Gasteiger partial charge on any atom is 0.234 e. The standard InChI is InChI=1S/C26H26N6O2S/c1-18-8-7-11-23(19(18)2)34-16-24-30-31-26(32(24)3)35-17-25(33)27-20-12-14-22(15-13-20)29-28-21-9-5-4-6-10-21/h4-15H,16-17H2,1-3H3,(H,27,33). The molecule has 0 bridgehead atoms. The molecule has 3 aromatic carbocycles. The SMILES string of the molecule is Cc1cccc(OCc2nnc(SCC(=O)Nc3ccc(N=Nc4ccccc4)cc3)n2C)c1C. The van der Waals surface area contributed by atoms with Crippen molar-refractivity contribution in [1.29, 1.82) is 0 Å². The summed E-state index contributed by atoms with van der Waals surface area (Å²) in [5.41, 5.74) is 4.46. The molecule has 0 spiro atoms. The van der Waals surface area contributed by atoms with Gasteiger partial charge < -0.3 is 14.6 Å². The minimum Gasteiger partial charge on any atom is -0.485 e. The number of ether oxygens (including phenoxy) is 1. The minimum absolute atomic E-state index is 0.134. The predicted molar refractivity (Wildman–Crippen MR) is 138 cm³/mol. The first-order chi connectivity index (χ1) is 17.0. The third-order valence-corrected chi connectivity index (χ3v) is 6.38. The molecule has 4 aromatic rings. The number of hydrogen-bond donors (Lipinski definition) is 1. The van der Waals surface area contributed by atoms with Gasteiger partial charge in [-0.2, -0.15) is 10.2 Å². The molecular formula is C26H26N6O2S. The lowest BCUT2D eigenvalue weighted by molar-refractivity contribution is -0.113. The average Bonchev–Trinajstić information content (AvgIpc) is 3.23. The van der Waals surface area contributed by atoms with Crippen LogP contribution in [0.1, 0.15) is 17.0 Å². The Kier molecular flexibility index (Phi) is 7.89. The molecular weight excluding hydrogens is 460 g/mol. The van der Waals surface area contributed by atoms with E-state index in [1.807, 2.05) is 61.0 Å². The number of nitrogens with one attached hydrogen (secondary N) is 1. The highest BCUT2D eigenvalue weighted by molar-refractivity contribution is 7.99. The summed E-state index contributed by atoms with van der Waals surface area (Å²) in [7, 11) is 1.87. The number of azo groups is 1. The zero-order chi connectivity index (χ0) is 24.6. The van der Waals surface area contributed by atoms with Crippen LogP contribution in [0.4, 0.5) is 17.1 Å². The van der Waals surface area contributed by atoms with Crippen LogP contribution in [-0.4, -0.2) is 26.4 Å². The molecule has 35 heavy (non-hydrogen) atoms. The quantitative estimate of drug-likeness (QED) is 0.226. The Morgan fingerprint density at radius 1 is 0.943 bits per heavy atom. The number of aromatic nitrogens is 3. The summed E-state index contributed by atoms with van der Waals surface area (Å²) >= 11 is 1.32. The number of hydrogen-bond acceptors (Lipinski definition) is 7. The van der Waals surface area contributed by atoms with E-state index in [2.05, 4.69) is 38.7 Å². The number of thioether (sulfide) groups is 1. The van der Waals surface area contributed by atoms with Crippen LogP contribution in [0.2, 0.25) is 0 Å². The maximum atomic E-state index is 12.4. The van der Waals surface area contributed by atoms with Gasteiger partial charge in [-0.15, -0.1) is 10.2 Å². The Hall–Kier alpha value is -3.98. The Morgan fingerprint density at radius 2 is 1.66 bits per heavy atom. The molecule has 0 aliphatic carbocycles. The molecule has 1 amide bonds. The summed E-state index contributed by atoms with van der Waals surface area (Å²) in [5.74, 6) is 1.59. The van der Waals surface area contributed by atoms with Crippen molar-refractivity contribution in [3.05, 3.63) is 89.7 Å². The van der Waals surface area contributed by atoms with Crippen molar-refractivity contribution in [3.8, 4) is 5.75 Å². The third kappa shape index (κ3) is 6.54. The van der Waals surface area contributed by atoms with E-state index in [9.17, 15) is 4.79 Å². The van der Waals surface area contributed by atoms with Crippen LogP contribution in [0.15, 0.2) is 88.2 Å². The Balaban J connectivity index is 1.27. The molecule has 4 rings (SSSR count). The molecule has 8 nitrogen and oxygen atoms in total. The van der Waals surface area contributed by atoms with E-state index in [0.29, 0.717) is 29.0 Å². The van der Waals surface area contributed by atoms with E-state index in [4.69, 9.17) is 4.74 Å². The number of aryl methyl sites for hydroxylation is 1. The van der Waals surface area contributed by atoms with E-state index in [0.717, 1.165) is 17.0 Å². The van der Waals surface area contributed by atoms with Gasteiger partial charge >= 0.3 is 0 Å². The van der Waals surface area contributed by atoms with Crippen molar-refractivity contribution in [2.75, 3.05) is 11.1 Å². The van der Waals surface area contributed by atoms with E-state index < -0.39 is 0 Å². The van der Waals surface area contributed by atoms with Gasteiger partial charge in [0.05, 0.1) is 17.1 Å². The van der Waals surface area contributed by atoms with E-state index >= 15 is 0 Å². The second kappa shape index (κ2) is 11.4. The fraction of sp³-hybridized carbons (Fsp3) is 0.192. The summed E-state index contributed by atoms with van der Waals surface area (Å²) in [6, 6.07) is 22.7. The highest BCUT2D eigenvalue weighted by Gasteiger charge is 2.13. The van der Waals surface area contributed by atoms with Gasteiger partial charge in [0.25, 0.3) is 0 Å². The molecule has 0 aliphatic rings. The molecule has 178 valence electrons. The third-order valence-electron chi connectivity index (χ3n) is 5.36. The fourth-order valence-electron chi connectivity index (χ4n) is 3.17. The van der Waals surface area contributed by atoms with Gasteiger partial charge in [-0.1, -0.05) is 42.1 Å². The Bertz CT molecular complexity index is 1320. The molecule has 0 aliphatic heterocycles. The first-order valence-corrected chi connectivity index (χ1v) is 12.0. The second-order valence-electron chi connectivity index (χ2n) is 7.86. The van der Waals surface area contributed by atoms with Crippen LogP contribution >= 0.6 is 11.8 Å². The first-order valence-electron chi connectivity index (χ1n) is 11.1. The smallest absolute Gasteiger partial charge is 0.234 e. The van der Waals surface area contributed by atoms with Crippen molar-refractivity contribution >= 4 is 34.7 Å². The lowest BCUT2D eigenvalue weighted by Gasteiger charge is -2.10.